The fourth-order valence-corrected chi connectivity index (χ4v) is 6.01. The van der Waals surface area contributed by atoms with Crippen LogP contribution in [0.1, 0.15) is 30.4 Å². The maximum Gasteiger partial charge on any atom is 0.243 e. The molecular formula is C24H28N4O4S. The molecule has 0 radical (unpaired) electrons. The molecular weight excluding hydrogens is 440 g/mol. The lowest BCUT2D eigenvalue weighted by Crippen LogP contribution is -2.48. The highest BCUT2D eigenvalue weighted by Crippen LogP contribution is 2.29. The summed E-state index contributed by atoms with van der Waals surface area (Å²) in [7, 11) is -3.48. The predicted molar refractivity (Wildman–Crippen MR) is 123 cm³/mol. The van der Waals surface area contributed by atoms with Crippen molar-refractivity contribution in [2.75, 3.05) is 32.8 Å². The predicted octanol–water partition coefficient (Wildman–Crippen LogP) is 3.13. The lowest BCUT2D eigenvalue weighted by molar-refractivity contribution is 0.163. The third-order valence-electron chi connectivity index (χ3n) is 6.29. The number of fused-ring (bicyclic) bond motifs is 1. The number of rotatable bonds is 7. The van der Waals surface area contributed by atoms with Crippen LogP contribution in [0, 0.1) is 0 Å². The topological polar surface area (TPSA) is 88.8 Å². The van der Waals surface area contributed by atoms with E-state index >= 15 is 0 Å². The Balaban J connectivity index is 1.22. The Morgan fingerprint density at radius 2 is 1.82 bits per heavy atom. The van der Waals surface area contributed by atoms with Gasteiger partial charge in [0.2, 0.25) is 21.7 Å². The highest BCUT2D eigenvalue weighted by molar-refractivity contribution is 7.89. The van der Waals surface area contributed by atoms with E-state index in [9.17, 15) is 8.42 Å². The van der Waals surface area contributed by atoms with Crippen molar-refractivity contribution in [3.05, 3.63) is 59.5 Å². The van der Waals surface area contributed by atoms with Crippen LogP contribution >= 0.6 is 0 Å². The molecule has 1 saturated heterocycles. The van der Waals surface area contributed by atoms with Gasteiger partial charge >= 0.3 is 0 Å². The molecule has 3 aromatic rings. The van der Waals surface area contributed by atoms with E-state index in [-0.39, 0.29) is 0 Å². The molecule has 2 aliphatic rings. The van der Waals surface area contributed by atoms with E-state index in [4.69, 9.17) is 9.26 Å². The van der Waals surface area contributed by atoms with Gasteiger partial charge in [0.15, 0.2) is 0 Å². The first-order valence-electron chi connectivity index (χ1n) is 11.4. The molecule has 1 fully saturated rings. The monoisotopic (exact) mass is 468 g/mol. The number of piperazine rings is 1. The number of ether oxygens (including phenoxy) is 1. The highest BCUT2D eigenvalue weighted by atomic mass is 32.2. The summed E-state index contributed by atoms with van der Waals surface area (Å²) in [6.07, 6.45) is 3.11. The van der Waals surface area contributed by atoms with Crippen LogP contribution in [0.2, 0.25) is 0 Å². The van der Waals surface area contributed by atoms with Crippen molar-refractivity contribution in [2.24, 2.45) is 0 Å². The van der Waals surface area contributed by atoms with Gasteiger partial charge in [0.05, 0.1) is 23.6 Å². The standard InChI is InChI=1S/C24H28N4O4S/c1-2-31-22-9-4-3-8-21(22)24-25-23(32-26-24)17-27-12-14-28(15-13-27)33(29,30)20-11-10-18-6-5-7-19(18)16-20/h3-4,8-11,16H,2,5-7,12-15,17H2,1H3. The number of benzene rings is 2. The Hall–Kier alpha value is -2.75. The summed E-state index contributed by atoms with van der Waals surface area (Å²) in [5.74, 6) is 1.72. The largest absolute Gasteiger partial charge is 0.493 e. The Morgan fingerprint density at radius 1 is 1.03 bits per heavy atom. The summed E-state index contributed by atoms with van der Waals surface area (Å²) < 4.78 is 39.0. The van der Waals surface area contributed by atoms with Gasteiger partial charge in [0.25, 0.3) is 0 Å². The van der Waals surface area contributed by atoms with Gasteiger partial charge in [-0.2, -0.15) is 9.29 Å². The average Bonchev–Trinajstić information content (AvgIpc) is 3.49. The lowest BCUT2D eigenvalue weighted by Gasteiger charge is -2.33. The van der Waals surface area contributed by atoms with E-state index in [1.807, 2.05) is 43.3 Å². The number of sulfonamides is 1. The SMILES string of the molecule is CCOc1ccccc1-c1noc(CN2CCN(S(=O)(=O)c3ccc4c(c3)CCC4)CC2)n1. The van der Waals surface area contributed by atoms with Crippen molar-refractivity contribution in [3.8, 4) is 17.1 Å². The summed E-state index contributed by atoms with van der Waals surface area (Å²) in [5.41, 5.74) is 3.24. The minimum absolute atomic E-state index is 0.408. The second-order valence-electron chi connectivity index (χ2n) is 8.41. The van der Waals surface area contributed by atoms with Crippen molar-refractivity contribution in [3.63, 3.8) is 0 Å². The number of aromatic nitrogens is 2. The van der Waals surface area contributed by atoms with Crippen LogP contribution in [0.3, 0.4) is 0 Å². The first-order valence-corrected chi connectivity index (χ1v) is 12.9. The molecule has 33 heavy (non-hydrogen) atoms. The van der Waals surface area contributed by atoms with Gasteiger partial charge in [-0.15, -0.1) is 0 Å². The van der Waals surface area contributed by atoms with E-state index in [0.29, 0.717) is 55.9 Å². The van der Waals surface area contributed by atoms with Crippen LogP contribution in [-0.4, -0.2) is 60.5 Å². The van der Waals surface area contributed by atoms with Crippen molar-refractivity contribution in [1.82, 2.24) is 19.3 Å². The van der Waals surface area contributed by atoms with Gasteiger partial charge in [-0.25, -0.2) is 8.42 Å². The van der Waals surface area contributed by atoms with E-state index in [1.165, 1.54) is 11.1 Å². The molecule has 1 aliphatic carbocycles. The zero-order valence-corrected chi connectivity index (χ0v) is 19.6. The van der Waals surface area contributed by atoms with Crippen LogP contribution in [0.25, 0.3) is 11.4 Å². The Bertz CT molecular complexity index is 1230. The van der Waals surface area contributed by atoms with E-state index < -0.39 is 10.0 Å². The molecule has 0 atom stereocenters. The van der Waals surface area contributed by atoms with E-state index in [1.54, 1.807) is 10.4 Å². The maximum absolute atomic E-state index is 13.2. The van der Waals surface area contributed by atoms with Gasteiger partial charge in [0, 0.05) is 26.2 Å². The molecule has 0 bridgehead atoms. The minimum atomic E-state index is -3.48. The number of hydrogen-bond acceptors (Lipinski definition) is 7. The van der Waals surface area contributed by atoms with Gasteiger partial charge in [0.1, 0.15) is 5.75 Å². The van der Waals surface area contributed by atoms with Crippen molar-refractivity contribution in [2.45, 2.75) is 37.6 Å². The zero-order valence-electron chi connectivity index (χ0n) is 18.7. The summed E-state index contributed by atoms with van der Waals surface area (Å²) in [5, 5.41) is 4.12. The van der Waals surface area contributed by atoms with Gasteiger partial charge in [-0.05, 0) is 61.6 Å². The third kappa shape index (κ3) is 4.53. The Labute approximate surface area is 194 Å². The zero-order chi connectivity index (χ0) is 22.8. The molecule has 2 aromatic carbocycles. The molecule has 0 N–H and O–H groups in total. The van der Waals surface area contributed by atoms with Gasteiger partial charge in [-0.1, -0.05) is 23.4 Å². The van der Waals surface area contributed by atoms with Crippen LogP contribution in [0.15, 0.2) is 51.9 Å². The first kappa shape index (κ1) is 22.1. The second-order valence-corrected chi connectivity index (χ2v) is 10.3. The van der Waals surface area contributed by atoms with Crippen molar-refractivity contribution < 1.29 is 17.7 Å². The fraction of sp³-hybridized carbons (Fsp3) is 0.417. The maximum atomic E-state index is 13.2. The van der Waals surface area contributed by atoms with E-state index in [0.717, 1.165) is 30.6 Å². The van der Waals surface area contributed by atoms with Crippen LogP contribution in [0.5, 0.6) is 5.75 Å². The van der Waals surface area contributed by atoms with E-state index in [2.05, 4.69) is 15.0 Å². The minimum Gasteiger partial charge on any atom is -0.493 e. The molecule has 174 valence electrons. The average molecular weight is 469 g/mol. The molecule has 0 unspecified atom stereocenters. The molecule has 0 amide bonds. The lowest BCUT2D eigenvalue weighted by atomic mass is 10.1. The summed E-state index contributed by atoms with van der Waals surface area (Å²) >= 11 is 0. The Kier molecular flexibility index (Phi) is 6.18. The highest BCUT2D eigenvalue weighted by Gasteiger charge is 2.30. The van der Waals surface area contributed by atoms with Gasteiger partial charge < -0.3 is 9.26 Å². The van der Waals surface area contributed by atoms with Crippen LogP contribution in [0.4, 0.5) is 0 Å². The van der Waals surface area contributed by atoms with Gasteiger partial charge in [-0.3, -0.25) is 4.90 Å². The number of aryl methyl sites for hydroxylation is 2. The number of para-hydroxylation sites is 1. The quantitative estimate of drug-likeness (QED) is 0.526. The summed E-state index contributed by atoms with van der Waals surface area (Å²) in [6, 6.07) is 13.2. The second kappa shape index (κ2) is 9.24. The van der Waals surface area contributed by atoms with Crippen LogP contribution < -0.4 is 4.74 Å². The molecule has 1 aromatic heterocycles. The van der Waals surface area contributed by atoms with Crippen molar-refractivity contribution >= 4 is 10.0 Å². The molecule has 1 aliphatic heterocycles. The van der Waals surface area contributed by atoms with Crippen LogP contribution in [-0.2, 0) is 29.4 Å². The first-order chi connectivity index (χ1) is 16.0. The molecule has 9 heteroatoms. The summed E-state index contributed by atoms with van der Waals surface area (Å²) in [4.78, 5) is 7.08. The van der Waals surface area contributed by atoms with Crippen molar-refractivity contribution in [1.29, 1.82) is 0 Å². The molecule has 0 saturated carbocycles. The third-order valence-corrected chi connectivity index (χ3v) is 8.19. The Morgan fingerprint density at radius 3 is 2.64 bits per heavy atom. The molecule has 2 heterocycles. The molecule has 5 rings (SSSR count). The normalized spacial score (nSPS) is 17.2. The molecule has 8 nitrogen and oxygen atoms in total. The molecule has 0 spiro atoms. The summed E-state index contributed by atoms with van der Waals surface area (Å²) in [6.45, 7) is 5.07. The smallest absolute Gasteiger partial charge is 0.243 e. The fourth-order valence-electron chi connectivity index (χ4n) is 4.54. The number of nitrogens with zero attached hydrogens (tertiary/aromatic N) is 4. The number of hydrogen-bond donors (Lipinski definition) is 0.